The molecule has 0 spiro atoms. The van der Waals surface area contributed by atoms with Crippen LogP contribution in [-0.2, 0) is 0 Å². The SMILES string of the molecule is CCCCCCCOc1ccc(C#Cc2ccc3cc(OCCCC)ccc3c2)cc1. The Morgan fingerprint density at radius 1 is 0.548 bits per heavy atom. The predicted octanol–water partition coefficient (Wildman–Crippen LogP) is 7.77. The standard InChI is InChI=1S/C29H34O2/c1-3-5-7-8-9-21-30-28-17-13-24(14-18-28)10-11-25-12-15-27-23-29(31-20-6-4-2)19-16-26(27)22-25/h12-19,22-23H,3-9,20-21H2,1-2H3. The molecule has 0 aliphatic rings. The molecule has 0 aliphatic carbocycles. The summed E-state index contributed by atoms with van der Waals surface area (Å²) in [6, 6.07) is 20.6. The van der Waals surface area contributed by atoms with Crippen molar-refractivity contribution in [2.45, 2.75) is 58.8 Å². The zero-order valence-electron chi connectivity index (χ0n) is 19.0. The van der Waals surface area contributed by atoms with Gasteiger partial charge in [0, 0.05) is 11.1 Å². The van der Waals surface area contributed by atoms with Crippen molar-refractivity contribution in [1.82, 2.24) is 0 Å². The van der Waals surface area contributed by atoms with Crippen LogP contribution in [0.2, 0.25) is 0 Å². The van der Waals surface area contributed by atoms with Crippen molar-refractivity contribution in [3.63, 3.8) is 0 Å². The zero-order chi connectivity index (χ0) is 21.7. The lowest BCUT2D eigenvalue weighted by atomic mass is 10.1. The fraction of sp³-hybridized carbons (Fsp3) is 0.379. The monoisotopic (exact) mass is 414 g/mol. The van der Waals surface area contributed by atoms with E-state index in [1.807, 2.05) is 30.3 Å². The minimum Gasteiger partial charge on any atom is -0.494 e. The smallest absolute Gasteiger partial charge is 0.119 e. The number of unbranched alkanes of at least 4 members (excludes halogenated alkanes) is 5. The van der Waals surface area contributed by atoms with E-state index in [2.05, 4.69) is 56.0 Å². The highest BCUT2D eigenvalue weighted by Gasteiger charge is 1.99. The first-order chi connectivity index (χ1) is 15.3. The van der Waals surface area contributed by atoms with Crippen LogP contribution in [0.4, 0.5) is 0 Å². The molecule has 3 aromatic rings. The van der Waals surface area contributed by atoms with Gasteiger partial charge in [-0.3, -0.25) is 0 Å². The van der Waals surface area contributed by atoms with E-state index >= 15 is 0 Å². The maximum absolute atomic E-state index is 5.83. The number of benzene rings is 3. The molecule has 2 nitrogen and oxygen atoms in total. The van der Waals surface area contributed by atoms with Crippen LogP contribution in [0.25, 0.3) is 10.8 Å². The highest BCUT2D eigenvalue weighted by molar-refractivity contribution is 5.85. The molecule has 0 saturated heterocycles. The van der Waals surface area contributed by atoms with Crippen LogP contribution >= 0.6 is 0 Å². The number of ether oxygens (including phenoxy) is 2. The van der Waals surface area contributed by atoms with Crippen LogP contribution in [0.1, 0.15) is 69.9 Å². The summed E-state index contributed by atoms with van der Waals surface area (Å²) in [5.74, 6) is 8.39. The van der Waals surface area contributed by atoms with Crippen LogP contribution in [0.15, 0.2) is 60.7 Å². The molecule has 0 aliphatic heterocycles. The van der Waals surface area contributed by atoms with E-state index in [1.54, 1.807) is 0 Å². The molecule has 0 aromatic heterocycles. The third-order valence-corrected chi connectivity index (χ3v) is 5.30. The lowest BCUT2D eigenvalue weighted by Gasteiger charge is -2.07. The first kappa shape index (κ1) is 22.8. The Morgan fingerprint density at radius 2 is 1.13 bits per heavy atom. The van der Waals surface area contributed by atoms with Crippen molar-refractivity contribution in [2.24, 2.45) is 0 Å². The van der Waals surface area contributed by atoms with Crippen molar-refractivity contribution in [1.29, 1.82) is 0 Å². The van der Waals surface area contributed by atoms with Gasteiger partial charge >= 0.3 is 0 Å². The van der Waals surface area contributed by atoms with Crippen LogP contribution in [-0.4, -0.2) is 13.2 Å². The molecular weight excluding hydrogens is 380 g/mol. The van der Waals surface area contributed by atoms with Gasteiger partial charge < -0.3 is 9.47 Å². The quantitative estimate of drug-likeness (QED) is 0.236. The molecule has 0 radical (unpaired) electrons. The largest absolute Gasteiger partial charge is 0.494 e. The normalized spacial score (nSPS) is 10.5. The lowest BCUT2D eigenvalue weighted by molar-refractivity contribution is 0.304. The molecule has 0 saturated carbocycles. The minimum atomic E-state index is 0.772. The molecule has 0 atom stereocenters. The Balaban J connectivity index is 1.55. The van der Waals surface area contributed by atoms with Crippen LogP contribution in [0.3, 0.4) is 0 Å². The fourth-order valence-electron chi connectivity index (χ4n) is 3.40. The second-order valence-corrected chi connectivity index (χ2v) is 7.96. The summed E-state index contributed by atoms with van der Waals surface area (Å²) in [5.41, 5.74) is 2.01. The summed E-state index contributed by atoms with van der Waals surface area (Å²) < 4.78 is 11.6. The summed E-state index contributed by atoms with van der Waals surface area (Å²) in [6.45, 7) is 5.97. The summed E-state index contributed by atoms with van der Waals surface area (Å²) in [4.78, 5) is 0. The van der Waals surface area contributed by atoms with E-state index in [1.165, 1.54) is 36.5 Å². The van der Waals surface area contributed by atoms with Gasteiger partial charge in [-0.25, -0.2) is 0 Å². The molecule has 3 rings (SSSR count). The minimum absolute atomic E-state index is 0.772. The van der Waals surface area contributed by atoms with E-state index < -0.39 is 0 Å². The molecule has 31 heavy (non-hydrogen) atoms. The molecule has 0 unspecified atom stereocenters. The molecule has 0 N–H and O–H groups in total. The van der Waals surface area contributed by atoms with Gasteiger partial charge in [-0.2, -0.15) is 0 Å². The number of fused-ring (bicyclic) bond motifs is 1. The molecule has 2 heteroatoms. The van der Waals surface area contributed by atoms with Crippen molar-refractivity contribution < 1.29 is 9.47 Å². The van der Waals surface area contributed by atoms with Crippen molar-refractivity contribution in [2.75, 3.05) is 13.2 Å². The second-order valence-electron chi connectivity index (χ2n) is 7.96. The topological polar surface area (TPSA) is 18.5 Å². The van der Waals surface area contributed by atoms with Gasteiger partial charge in [-0.15, -0.1) is 0 Å². The second kappa shape index (κ2) is 12.7. The van der Waals surface area contributed by atoms with E-state index in [0.29, 0.717) is 0 Å². The third-order valence-electron chi connectivity index (χ3n) is 5.30. The first-order valence-electron chi connectivity index (χ1n) is 11.7. The van der Waals surface area contributed by atoms with Gasteiger partial charge in [0.15, 0.2) is 0 Å². The molecule has 0 amide bonds. The van der Waals surface area contributed by atoms with E-state index in [-0.39, 0.29) is 0 Å². The van der Waals surface area contributed by atoms with Gasteiger partial charge in [-0.1, -0.05) is 69.9 Å². The van der Waals surface area contributed by atoms with Gasteiger partial charge in [0.25, 0.3) is 0 Å². The average molecular weight is 415 g/mol. The Kier molecular flexibility index (Phi) is 9.32. The number of hydrogen-bond donors (Lipinski definition) is 0. The maximum atomic E-state index is 5.83. The molecule has 3 aromatic carbocycles. The van der Waals surface area contributed by atoms with E-state index in [9.17, 15) is 0 Å². The van der Waals surface area contributed by atoms with Crippen molar-refractivity contribution in [3.8, 4) is 23.3 Å². The molecule has 0 fully saturated rings. The maximum Gasteiger partial charge on any atom is 0.119 e. The van der Waals surface area contributed by atoms with Gasteiger partial charge in [0.05, 0.1) is 13.2 Å². The summed E-state index contributed by atoms with van der Waals surface area (Å²) in [5, 5.41) is 2.35. The van der Waals surface area contributed by atoms with Gasteiger partial charge in [0.1, 0.15) is 11.5 Å². The fourth-order valence-corrected chi connectivity index (χ4v) is 3.40. The van der Waals surface area contributed by atoms with E-state index in [4.69, 9.17) is 9.47 Å². The predicted molar refractivity (Wildman–Crippen MR) is 131 cm³/mol. The Morgan fingerprint density at radius 3 is 1.94 bits per heavy atom. The van der Waals surface area contributed by atoms with Crippen LogP contribution in [0.5, 0.6) is 11.5 Å². The third kappa shape index (κ3) is 7.68. The summed E-state index contributed by atoms with van der Waals surface area (Å²) in [7, 11) is 0. The zero-order valence-corrected chi connectivity index (χ0v) is 19.0. The van der Waals surface area contributed by atoms with Crippen molar-refractivity contribution >= 4 is 10.8 Å². The summed E-state index contributed by atoms with van der Waals surface area (Å²) >= 11 is 0. The van der Waals surface area contributed by atoms with Gasteiger partial charge in [-0.05, 0) is 72.1 Å². The molecular formula is C29H34O2. The lowest BCUT2D eigenvalue weighted by Crippen LogP contribution is -1.97. The number of hydrogen-bond acceptors (Lipinski definition) is 2. The molecule has 0 bridgehead atoms. The Bertz CT molecular complexity index is 993. The number of rotatable bonds is 11. The van der Waals surface area contributed by atoms with Crippen LogP contribution < -0.4 is 9.47 Å². The Hall–Kier alpha value is -2.92. The van der Waals surface area contributed by atoms with E-state index in [0.717, 1.165) is 55.1 Å². The first-order valence-corrected chi connectivity index (χ1v) is 11.7. The molecule has 0 heterocycles. The highest BCUT2D eigenvalue weighted by Crippen LogP contribution is 2.22. The van der Waals surface area contributed by atoms with Gasteiger partial charge in [0.2, 0.25) is 0 Å². The average Bonchev–Trinajstić information content (AvgIpc) is 2.81. The highest BCUT2D eigenvalue weighted by atomic mass is 16.5. The molecule has 162 valence electrons. The Labute approximate surface area is 187 Å². The van der Waals surface area contributed by atoms with Crippen LogP contribution in [0, 0.1) is 11.8 Å². The summed E-state index contributed by atoms with van der Waals surface area (Å²) in [6.07, 6.45) is 8.49. The van der Waals surface area contributed by atoms with Crippen molar-refractivity contribution in [3.05, 3.63) is 71.8 Å².